The zero-order valence-corrected chi connectivity index (χ0v) is 17.9. The van der Waals surface area contributed by atoms with Gasteiger partial charge in [-0.25, -0.2) is 19.7 Å². The Labute approximate surface area is 189 Å². The number of aromatic amines is 1. The molecule has 0 saturated heterocycles. The number of halogens is 4. The van der Waals surface area contributed by atoms with E-state index in [1.165, 1.54) is 0 Å². The standard InChI is InChI=1S/C21H18ClF3N6O2/c22-14-3-1-2-12(8-14)15-16-17(28-18(27-15)19-29-20(32)33-30-19)26-10-31(16)9-11-4-6-13(7-5-11)21(23,24)25/h1-3,8,10-11,13H,4-7,9H2,(H,29,30,32). The van der Waals surface area contributed by atoms with Crippen LogP contribution in [-0.4, -0.2) is 35.8 Å². The van der Waals surface area contributed by atoms with E-state index in [0.717, 1.165) is 0 Å². The number of hydrogen-bond donors (Lipinski definition) is 1. The minimum absolute atomic E-state index is 0.0604. The number of aromatic nitrogens is 6. The lowest BCUT2D eigenvalue weighted by Gasteiger charge is -2.30. The number of benzene rings is 1. The number of alkyl halides is 3. The monoisotopic (exact) mass is 478 g/mol. The van der Waals surface area contributed by atoms with E-state index in [9.17, 15) is 18.0 Å². The van der Waals surface area contributed by atoms with E-state index in [1.54, 1.807) is 24.5 Å². The van der Waals surface area contributed by atoms with Crippen LogP contribution in [0.25, 0.3) is 34.1 Å². The van der Waals surface area contributed by atoms with Gasteiger partial charge in [-0.3, -0.25) is 9.51 Å². The molecule has 0 atom stereocenters. The van der Waals surface area contributed by atoms with Crippen molar-refractivity contribution in [3.8, 4) is 22.9 Å². The summed E-state index contributed by atoms with van der Waals surface area (Å²) >= 11 is 6.19. The largest absolute Gasteiger partial charge is 0.439 e. The summed E-state index contributed by atoms with van der Waals surface area (Å²) in [7, 11) is 0. The molecule has 172 valence electrons. The molecule has 1 fully saturated rings. The van der Waals surface area contributed by atoms with Gasteiger partial charge in [0.1, 0.15) is 11.2 Å². The van der Waals surface area contributed by atoms with Crippen molar-refractivity contribution in [1.29, 1.82) is 0 Å². The molecule has 0 unspecified atom stereocenters. The molecule has 33 heavy (non-hydrogen) atoms. The Kier molecular flexibility index (Phi) is 5.43. The van der Waals surface area contributed by atoms with Gasteiger partial charge in [0.25, 0.3) is 0 Å². The average molecular weight is 479 g/mol. The topological polar surface area (TPSA) is 102 Å². The van der Waals surface area contributed by atoms with Crippen LogP contribution in [0.2, 0.25) is 5.02 Å². The van der Waals surface area contributed by atoms with Gasteiger partial charge < -0.3 is 4.57 Å². The first-order chi connectivity index (χ1) is 15.8. The van der Waals surface area contributed by atoms with Crippen molar-refractivity contribution >= 4 is 22.8 Å². The summed E-state index contributed by atoms with van der Waals surface area (Å²) in [5, 5.41) is 4.16. The first-order valence-corrected chi connectivity index (χ1v) is 10.8. The van der Waals surface area contributed by atoms with Gasteiger partial charge in [0.05, 0.1) is 12.2 Å². The van der Waals surface area contributed by atoms with E-state index < -0.39 is 17.9 Å². The third kappa shape index (κ3) is 4.37. The number of hydrogen-bond acceptors (Lipinski definition) is 6. The highest BCUT2D eigenvalue weighted by Gasteiger charge is 2.41. The van der Waals surface area contributed by atoms with Crippen LogP contribution in [0.3, 0.4) is 0 Å². The summed E-state index contributed by atoms with van der Waals surface area (Å²) < 4.78 is 45.5. The van der Waals surface area contributed by atoms with Gasteiger partial charge in [-0.05, 0) is 43.7 Å². The fourth-order valence-electron chi connectivity index (χ4n) is 4.34. The predicted molar refractivity (Wildman–Crippen MR) is 113 cm³/mol. The Hall–Kier alpha value is -3.21. The SMILES string of the molecule is O=c1[nH]c(-c2nc(-c3cccc(Cl)c3)c3c(ncn3CC3CCC(C(F)(F)F)CC3)n2)no1. The number of fused-ring (bicyclic) bond motifs is 1. The average Bonchev–Trinajstić information content (AvgIpc) is 3.39. The molecule has 1 saturated carbocycles. The normalized spacial score (nSPS) is 19.3. The third-order valence-corrected chi connectivity index (χ3v) is 6.22. The first-order valence-electron chi connectivity index (χ1n) is 10.4. The summed E-state index contributed by atoms with van der Waals surface area (Å²) in [6.45, 7) is 0.498. The van der Waals surface area contributed by atoms with Gasteiger partial charge >= 0.3 is 11.9 Å². The van der Waals surface area contributed by atoms with Crippen molar-refractivity contribution in [2.24, 2.45) is 11.8 Å². The molecule has 0 bridgehead atoms. The van der Waals surface area contributed by atoms with E-state index >= 15 is 0 Å². The number of nitrogens with zero attached hydrogens (tertiary/aromatic N) is 5. The van der Waals surface area contributed by atoms with Crippen LogP contribution in [0, 0.1) is 11.8 Å². The highest BCUT2D eigenvalue weighted by molar-refractivity contribution is 6.30. The van der Waals surface area contributed by atoms with Gasteiger partial charge in [0.2, 0.25) is 11.6 Å². The molecule has 4 aromatic rings. The van der Waals surface area contributed by atoms with Crippen LogP contribution >= 0.6 is 11.6 Å². The second-order valence-corrected chi connectivity index (χ2v) is 8.61. The fourth-order valence-corrected chi connectivity index (χ4v) is 4.53. The van der Waals surface area contributed by atoms with Gasteiger partial charge in [0, 0.05) is 17.1 Å². The number of imidazole rings is 1. The van der Waals surface area contributed by atoms with Crippen LogP contribution < -0.4 is 5.76 Å². The molecule has 12 heteroatoms. The van der Waals surface area contributed by atoms with Crippen LogP contribution in [0.1, 0.15) is 25.7 Å². The molecular weight excluding hydrogens is 461 g/mol. The molecular formula is C21H18ClF3N6O2. The van der Waals surface area contributed by atoms with Crippen molar-refractivity contribution in [3.05, 3.63) is 46.2 Å². The Morgan fingerprint density at radius 1 is 1.18 bits per heavy atom. The van der Waals surface area contributed by atoms with Crippen molar-refractivity contribution in [2.45, 2.75) is 38.4 Å². The van der Waals surface area contributed by atoms with Gasteiger partial charge in [0.15, 0.2) is 5.65 Å². The molecule has 3 aromatic heterocycles. The summed E-state index contributed by atoms with van der Waals surface area (Å²) in [6, 6.07) is 7.08. The predicted octanol–water partition coefficient (Wildman–Crippen LogP) is 4.86. The third-order valence-electron chi connectivity index (χ3n) is 5.99. The van der Waals surface area contributed by atoms with Crippen molar-refractivity contribution in [2.75, 3.05) is 0 Å². The minimum Gasteiger partial charge on any atom is -0.327 e. The highest BCUT2D eigenvalue weighted by atomic mass is 35.5. The molecule has 0 amide bonds. The zero-order chi connectivity index (χ0) is 23.2. The van der Waals surface area contributed by atoms with Gasteiger partial charge in [-0.15, -0.1) is 0 Å². The summed E-state index contributed by atoms with van der Waals surface area (Å²) in [5.74, 6) is -1.70. The Morgan fingerprint density at radius 3 is 2.64 bits per heavy atom. The van der Waals surface area contributed by atoms with Crippen molar-refractivity contribution in [1.82, 2.24) is 29.7 Å². The number of rotatable bonds is 4. The second kappa shape index (κ2) is 8.29. The molecule has 1 N–H and O–H groups in total. The van der Waals surface area contributed by atoms with Crippen molar-refractivity contribution in [3.63, 3.8) is 0 Å². The first kappa shape index (κ1) is 21.6. The highest BCUT2D eigenvalue weighted by Crippen LogP contribution is 2.40. The lowest BCUT2D eigenvalue weighted by atomic mass is 9.81. The maximum atomic E-state index is 13.0. The van der Waals surface area contributed by atoms with Crippen LogP contribution in [0.4, 0.5) is 13.2 Å². The molecule has 0 radical (unpaired) electrons. The van der Waals surface area contributed by atoms with E-state index in [0.29, 0.717) is 46.8 Å². The Bertz CT molecular complexity index is 1350. The van der Waals surface area contributed by atoms with Crippen LogP contribution in [-0.2, 0) is 6.54 Å². The maximum Gasteiger partial charge on any atom is 0.439 e. The minimum atomic E-state index is -4.14. The molecule has 1 aliphatic rings. The van der Waals surface area contributed by atoms with Gasteiger partial charge in [-0.2, -0.15) is 13.2 Å². The maximum absolute atomic E-state index is 13.0. The molecule has 1 aliphatic carbocycles. The Balaban J connectivity index is 1.54. The number of H-pyrrole nitrogens is 1. The molecule has 0 spiro atoms. The van der Waals surface area contributed by atoms with E-state index in [4.69, 9.17) is 11.6 Å². The number of nitrogens with one attached hydrogen (secondary N) is 1. The summed E-state index contributed by atoms with van der Waals surface area (Å²) in [5.41, 5.74) is 2.21. The van der Waals surface area contributed by atoms with Gasteiger partial charge in [-0.1, -0.05) is 28.9 Å². The Morgan fingerprint density at radius 2 is 1.97 bits per heavy atom. The summed E-state index contributed by atoms with van der Waals surface area (Å²) in [6.07, 6.45) is -1.31. The van der Waals surface area contributed by atoms with E-state index in [-0.39, 0.29) is 30.4 Å². The lowest BCUT2D eigenvalue weighted by Crippen LogP contribution is -2.29. The molecule has 5 rings (SSSR count). The van der Waals surface area contributed by atoms with Crippen LogP contribution in [0.5, 0.6) is 0 Å². The molecule has 0 aliphatic heterocycles. The molecule has 1 aromatic carbocycles. The second-order valence-electron chi connectivity index (χ2n) is 8.18. The van der Waals surface area contributed by atoms with Crippen LogP contribution in [0.15, 0.2) is 39.9 Å². The van der Waals surface area contributed by atoms with Crippen molar-refractivity contribution < 1.29 is 17.7 Å². The fraction of sp³-hybridized carbons (Fsp3) is 0.381. The quantitative estimate of drug-likeness (QED) is 0.449. The smallest absolute Gasteiger partial charge is 0.327 e. The van der Waals surface area contributed by atoms with E-state index in [2.05, 4.69) is 29.6 Å². The lowest BCUT2D eigenvalue weighted by molar-refractivity contribution is -0.184. The summed E-state index contributed by atoms with van der Waals surface area (Å²) in [4.78, 5) is 27.2. The molecule has 8 nitrogen and oxygen atoms in total. The van der Waals surface area contributed by atoms with E-state index in [1.807, 2.05) is 10.6 Å². The molecule has 3 heterocycles. The zero-order valence-electron chi connectivity index (χ0n) is 17.1.